The molecule has 1 heterocycles. The lowest BCUT2D eigenvalue weighted by atomic mass is 10.0. The predicted octanol–water partition coefficient (Wildman–Crippen LogP) is 8.76. The van der Waals surface area contributed by atoms with Crippen LogP contribution in [0, 0.1) is 0 Å². The van der Waals surface area contributed by atoms with Crippen molar-refractivity contribution in [1.29, 1.82) is 0 Å². The topological polar surface area (TPSA) is 31.4 Å². The average Bonchev–Trinajstić information content (AvgIpc) is 2.90. The predicted molar refractivity (Wildman–Crippen MR) is 149 cm³/mol. The number of benzene rings is 2. The molecule has 35 heavy (non-hydrogen) atoms. The lowest BCUT2D eigenvalue weighted by Crippen LogP contribution is -2.08. The number of aromatic nitrogens is 1. The van der Waals surface area contributed by atoms with E-state index in [1.54, 1.807) is 6.08 Å². The molecular weight excluding hydrogens is 430 g/mol. The van der Waals surface area contributed by atoms with Crippen molar-refractivity contribution in [2.75, 3.05) is 13.2 Å². The molecule has 184 valence electrons. The fourth-order valence-corrected chi connectivity index (χ4v) is 3.87. The molecule has 0 bridgehead atoms. The molecule has 3 aromatic rings. The van der Waals surface area contributed by atoms with Crippen molar-refractivity contribution < 1.29 is 9.47 Å². The molecule has 3 rings (SSSR count). The Balaban J connectivity index is 1.45. The molecule has 0 saturated heterocycles. The molecule has 1 aromatic heterocycles. The lowest BCUT2D eigenvalue weighted by Gasteiger charge is -2.11. The van der Waals surface area contributed by atoms with E-state index < -0.39 is 0 Å². The van der Waals surface area contributed by atoms with Gasteiger partial charge in [-0.3, -0.25) is 4.98 Å². The van der Waals surface area contributed by atoms with E-state index in [9.17, 15) is 0 Å². The number of allylic oxidation sites excluding steroid dienone is 1. The van der Waals surface area contributed by atoms with Gasteiger partial charge >= 0.3 is 0 Å². The summed E-state index contributed by atoms with van der Waals surface area (Å²) >= 11 is 0. The van der Waals surface area contributed by atoms with Crippen LogP contribution in [0.4, 0.5) is 0 Å². The first-order valence-electron chi connectivity index (χ1n) is 12.9. The summed E-state index contributed by atoms with van der Waals surface area (Å²) in [7, 11) is 0. The van der Waals surface area contributed by atoms with E-state index in [1.165, 1.54) is 24.8 Å². The summed E-state index contributed by atoms with van der Waals surface area (Å²) < 4.78 is 11.4. The molecule has 0 saturated carbocycles. The third-order valence-corrected chi connectivity index (χ3v) is 5.96. The molecule has 0 aliphatic heterocycles. The fourth-order valence-electron chi connectivity index (χ4n) is 3.87. The Morgan fingerprint density at radius 1 is 0.886 bits per heavy atom. The van der Waals surface area contributed by atoms with E-state index in [0.717, 1.165) is 54.0 Å². The average molecular weight is 470 g/mol. The summed E-state index contributed by atoms with van der Waals surface area (Å²) in [5, 5.41) is 0. The third kappa shape index (κ3) is 9.18. The van der Waals surface area contributed by atoms with Gasteiger partial charge in [-0.25, -0.2) is 0 Å². The van der Waals surface area contributed by atoms with Gasteiger partial charge in [-0.2, -0.15) is 0 Å². The van der Waals surface area contributed by atoms with Crippen LogP contribution < -0.4 is 4.74 Å². The first-order valence-corrected chi connectivity index (χ1v) is 12.9. The number of nitrogens with zero attached hydrogens (tertiary/aromatic N) is 1. The van der Waals surface area contributed by atoms with Crippen molar-refractivity contribution in [3.8, 4) is 28.1 Å². The number of ether oxygens (including phenoxy) is 2. The molecule has 0 aliphatic rings. The van der Waals surface area contributed by atoms with Crippen LogP contribution in [-0.2, 0) is 4.74 Å². The van der Waals surface area contributed by atoms with Gasteiger partial charge in [-0.15, -0.1) is 0 Å². The molecule has 0 aliphatic carbocycles. The van der Waals surface area contributed by atoms with Crippen LogP contribution in [-0.4, -0.2) is 24.3 Å². The van der Waals surface area contributed by atoms with Gasteiger partial charge in [0.05, 0.1) is 11.8 Å². The minimum atomic E-state index is 0.350. The van der Waals surface area contributed by atoms with Crippen LogP contribution in [0.15, 0.2) is 85.6 Å². The summed E-state index contributed by atoms with van der Waals surface area (Å²) in [4.78, 5) is 4.67. The number of pyridine rings is 1. The maximum atomic E-state index is 5.87. The molecule has 0 amide bonds. The molecule has 3 nitrogen and oxygen atoms in total. The maximum Gasteiger partial charge on any atom is 0.119 e. The summed E-state index contributed by atoms with van der Waals surface area (Å²) in [6, 6.07) is 20.9. The minimum Gasteiger partial charge on any atom is -0.490 e. The zero-order valence-electron chi connectivity index (χ0n) is 21.3. The number of rotatable bonds is 15. The highest BCUT2D eigenvalue weighted by atomic mass is 16.5. The molecule has 0 fully saturated rings. The van der Waals surface area contributed by atoms with Gasteiger partial charge in [-0.1, -0.05) is 87.0 Å². The normalized spacial score (nSPS) is 12.1. The van der Waals surface area contributed by atoms with E-state index in [2.05, 4.69) is 86.1 Å². The Bertz CT molecular complexity index is 1020. The van der Waals surface area contributed by atoms with E-state index in [-0.39, 0.29) is 0 Å². The highest BCUT2D eigenvalue weighted by molar-refractivity contribution is 5.69. The second-order valence-corrected chi connectivity index (χ2v) is 8.90. The summed E-state index contributed by atoms with van der Waals surface area (Å²) in [5.74, 6) is 0.852. The quantitative estimate of drug-likeness (QED) is 0.165. The van der Waals surface area contributed by atoms with Crippen LogP contribution in [0.1, 0.15) is 57.9 Å². The smallest absolute Gasteiger partial charge is 0.119 e. The van der Waals surface area contributed by atoms with Gasteiger partial charge in [0.15, 0.2) is 0 Å². The van der Waals surface area contributed by atoms with Gasteiger partial charge in [0.2, 0.25) is 0 Å². The van der Waals surface area contributed by atoms with Crippen LogP contribution in [0.25, 0.3) is 28.5 Å². The van der Waals surface area contributed by atoms with Crippen LogP contribution in [0.2, 0.25) is 0 Å². The van der Waals surface area contributed by atoms with Gasteiger partial charge in [0, 0.05) is 18.4 Å². The molecule has 1 atom stereocenters. The molecule has 0 N–H and O–H groups in total. The van der Waals surface area contributed by atoms with Crippen molar-refractivity contribution >= 4 is 6.08 Å². The second kappa shape index (κ2) is 15.0. The first-order chi connectivity index (χ1) is 17.2. The zero-order chi connectivity index (χ0) is 24.7. The monoisotopic (exact) mass is 469 g/mol. The lowest BCUT2D eigenvalue weighted by molar-refractivity contribution is 0.0566. The van der Waals surface area contributed by atoms with Crippen LogP contribution in [0.3, 0.4) is 0 Å². The van der Waals surface area contributed by atoms with E-state index >= 15 is 0 Å². The van der Waals surface area contributed by atoms with Crippen LogP contribution >= 0.6 is 0 Å². The first kappa shape index (κ1) is 26.4. The largest absolute Gasteiger partial charge is 0.490 e. The van der Waals surface area contributed by atoms with Gasteiger partial charge in [0.25, 0.3) is 0 Å². The fraction of sp³-hybridized carbons (Fsp3) is 0.344. The van der Waals surface area contributed by atoms with Gasteiger partial charge in [-0.05, 0) is 67.5 Å². The van der Waals surface area contributed by atoms with E-state index in [1.807, 2.05) is 18.3 Å². The van der Waals surface area contributed by atoms with Crippen molar-refractivity contribution in [2.45, 2.75) is 58.5 Å². The Kier molecular flexibility index (Phi) is 11.3. The number of hydrogen-bond acceptors (Lipinski definition) is 3. The van der Waals surface area contributed by atoms with E-state index in [4.69, 9.17) is 9.47 Å². The molecule has 1 unspecified atom stereocenters. The molecule has 3 heteroatoms. The summed E-state index contributed by atoms with van der Waals surface area (Å²) in [5.41, 5.74) is 5.56. The molecule has 0 radical (unpaired) electrons. The van der Waals surface area contributed by atoms with Crippen LogP contribution in [0.5, 0.6) is 5.75 Å². The van der Waals surface area contributed by atoms with Crippen molar-refractivity contribution in [2.24, 2.45) is 0 Å². The Morgan fingerprint density at radius 3 is 2.26 bits per heavy atom. The number of hydrogen-bond donors (Lipinski definition) is 0. The Labute approximate surface area is 211 Å². The third-order valence-electron chi connectivity index (χ3n) is 5.96. The highest BCUT2D eigenvalue weighted by Crippen LogP contribution is 2.26. The SMILES string of the molecule is C=CCOc1ccc(-c2ccc(-c3ccc(/C=C/CCCC(C)OCCCCC)cn3)cc2)cc1. The minimum absolute atomic E-state index is 0.350. The highest BCUT2D eigenvalue weighted by Gasteiger charge is 2.03. The molecule has 0 spiro atoms. The Hall–Kier alpha value is -3.17. The molecule has 2 aromatic carbocycles. The summed E-state index contributed by atoms with van der Waals surface area (Å²) in [6.45, 7) is 9.49. The maximum absolute atomic E-state index is 5.87. The van der Waals surface area contributed by atoms with Crippen molar-refractivity contribution in [3.05, 3.63) is 91.2 Å². The van der Waals surface area contributed by atoms with Gasteiger partial charge in [0.1, 0.15) is 12.4 Å². The number of unbranched alkanes of at least 4 members (excludes halogenated alkanes) is 3. The zero-order valence-corrected chi connectivity index (χ0v) is 21.3. The Morgan fingerprint density at radius 2 is 1.60 bits per heavy atom. The molecular formula is C32H39NO2. The van der Waals surface area contributed by atoms with Crippen molar-refractivity contribution in [1.82, 2.24) is 4.98 Å². The van der Waals surface area contributed by atoms with Gasteiger partial charge < -0.3 is 9.47 Å². The van der Waals surface area contributed by atoms with Crippen molar-refractivity contribution in [3.63, 3.8) is 0 Å². The van der Waals surface area contributed by atoms with E-state index in [0.29, 0.717) is 12.7 Å². The summed E-state index contributed by atoms with van der Waals surface area (Å²) in [6.07, 6.45) is 15.4. The standard InChI is InChI=1S/C32H39NO2/c1-4-6-10-24-34-26(3)11-8-7-9-12-27-13-22-32(33-25-27)30-16-14-28(15-17-30)29-18-20-31(21-19-29)35-23-5-2/h5,9,12-22,25-26H,2,4,6-8,10-11,23-24H2,1,3H3/b12-9+. The second-order valence-electron chi connectivity index (χ2n) is 8.90.